The molecule has 0 aromatic heterocycles. The number of benzene rings is 1. The minimum absolute atomic E-state index is 0.203. The van der Waals surface area contributed by atoms with Crippen molar-refractivity contribution in [1.82, 2.24) is 10.2 Å². The Balaban J connectivity index is 1.88. The maximum atomic E-state index is 12.1. The molecule has 0 aliphatic carbocycles. The number of carbonyl (C=O) groups excluding carboxylic acids is 3. The number of likely N-dealkylation sites (tertiary alicyclic amines) is 1. The van der Waals surface area contributed by atoms with Gasteiger partial charge < -0.3 is 15.0 Å². The number of carbonyl (C=O) groups is 3. The molecule has 0 bridgehead atoms. The fourth-order valence-corrected chi connectivity index (χ4v) is 2.72. The summed E-state index contributed by atoms with van der Waals surface area (Å²) in [5.74, 6) is -1.33. The summed E-state index contributed by atoms with van der Waals surface area (Å²) in [6.07, 6.45) is 1.07. The maximum absolute atomic E-state index is 12.1. The Morgan fingerprint density at radius 3 is 2.42 bits per heavy atom. The van der Waals surface area contributed by atoms with E-state index < -0.39 is 24.0 Å². The molecule has 2 atom stereocenters. The van der Waals surface area contributed by atoms with Gasteiger partial charge in [0.15, 0.2) is 6.10 Å². The standard InChI is InChI=1S/C17H21ClN2O4/c1-11(19-15(21)13-7-3-4-8-14(13)18)17(23)24-12(2)16(22)20-9-5-6-10-20/h3-4,7-8,11-12H,5-6,9-10H2,1-2H3,(H,19,21)/t11-,12-/m0/s1. The molecule has 1 aromatic carbocycles. The lowest BCUT2D eigenvalue weighted by Crippen LogP contribution is -2.44. The Hall–Kier alpha value is -2.08. The number of hydrogen-bond acceptors (Lipinski definition) is 4. The van der Waals surface area contributed by atoms with Crippen LogP contribution < -0.4 is 5.32 Å². The highest BCUT2D eigenvalue weighted by atomic mass is 35.5. The molecule has 0 unspecified atom stereocenters. The number of nitrogens with one attached hydrogen (secondary N) is 1. The lowest BCUT2D eigenvalue weighted by atomic mass is 10.2. The number of ether oxygens (including phenoxy) is 1. The fourth-order valence-electron chi connectivity index (χ4n) is 2.50. The molecule has 2 rings (SSSR count). The van der Waals surface area contributed by atoms with Crippen LogP contribution in [0.4, 0.5) is 0 Å². The van der Waals surface area contributed by atoms with Crippen molar-refractivity contribution in [2.45, 2.75) is 38.8 Å². The zero-order chi connectivity index (χ0) is 17.7. The zero-order valence-corrected chi connectivity index (χ0v) is 14.5. The van der Waals surface area contributed by atoms with Gasteiger partial charge in [-0.3, -0.25) is 9.59 Å². The van der Waals surface area contributed by atoms with E-state index in [0.29, 0.717) is 18.1 Å². The van der Waals surface area contributed by atoms with Crippen LogP contribution >= 0.6 is 11.6 Å². The predicted octanol–water partition coefficient (Wildman–Crippen LogP) is 2.01. The molecule has 1 fully saturated rings. The highest BCUT2D eigenvalue weighted by molar-refractivity contribution is 6.33. The van der Waals surface area contributed by atoms with Gasteiger partial charge in [0.25, 0.3) is 11.8 Å². The second-order valence-electron chi connectivity index (χ2n) is 5.79. The Morgan fingerprint density at radius 1 is 1.17 bits per heavy atom. The molecule has 1 heterocycles. The first-order valence-corrected chi connectivity index (χ1v) is 8.32. The third-order valence-electron chi connectivity index (χ3n) is 3.88. The highest BCUT2D eigenvalue weighted by Gasteiger charge is 2.28. The molecule has 2 amide bonds. The van der Waals surface area contributed by atoms with Crippen LogP contribution in [0.3, 0.4) is 0 Å². The van der Waals surface area contributed by atoms with E-state index in [4.69, 9.17) is 16.3 Å². The van der Waals surface area contributed by atoms with Gasteiger partial charge in [0, 0.05) is 13.1 Å². The summed E-state index contributed by atoms with van der Waals surface area (Å²) in [6, 6.07) is 5.66. The number of esters is 1. The van der Waals surface area contributed by atoms with E-state index in [1.807, 2.05) is 0 Å². The third kappa shape index (κ3) is 4.47. The maximum Gasteiger partial charge on any atom is 0.329 e. The van der Waals surface area contributed by atoms with Crippen LogP contribution in [0.25, 0.3) is 0 Å². The molecular formula is C17H21ClN2O4. The van der Waals surface area contributed by atoms with Gasteiger partial charge in [-0.2, -0.15) is 0 Å². The molecule has 0 radical (unpaired) electrons. The third-order valence-corrected chi connectivity index (χ3v) is 4.21. The molecule has 1 aliphatic heterocycles. The van der Waals surface area contributed by atoms with Gasteiger partial charge in [0.05, 0.1) is 10.6 Å². The van der Waals surface area contributed by atoms with Crippen LogP contribution in [-0.2, 0) is 14.3 Å². The van der Waals surface area contributed by atoms with Crippen LogP contribution in [-0.4, -0.2) is 47.9 Å². The van der Waals surface area contributed by atoms with E-state index >= 15 is 0 Å². The SMILES string of the molecule is C[C@H](NC(=O)c1ccccc1Cl)C(=O)O[C@@H](C)C(=O)N1CCCC1. The van der Waals surface area contributed by atoms with E-state index in [2.05, 4.69) is 5.32 Å². The van der Waals surface area contributed by atoms with Crippen molar-refractivity contribution < 1.29 is 19.1 Å². The lowest BCUT2D eigenvalue weighted by molar-refractivity contribution is -0.159. The average molecular weight is 353 g/mol. The van der Waals surface area contributed by atoms with Crippen molar-refractivity contribution >= 4 is 29.4 Å². The Kier molecular flexibility index (Phi) is 6.20. The molecule has 0 saturated carbocycles. The van der Waals surface area contributed by atoms with Gasteiger partial charge in [0.1, 0.15) is 6.04 Å². The highest BCUT2D eigenvalue weighted by Crippen LogP contribution is 2.15. The average Bonchev–Trinajstić information content (AvgIpc) is 3.08. The van der Waals surface area contributed by atoms with Gasteiger partial charge >= 0.3 is 5.97 Å². The van der Waals surface area contributed by atoms with E-state index in [1.54, 1.807) is 36.1 Å². The first kappa shape index (κ1) is 18.3. The largest absolute Gasteiger partial charge is 0.451 e. The monoisotopic (exact) mass is 352 g/mol. The number of hydrogen-bond donors (Lipinski definition) is 1. The number of nitrogens with zero attached hydrogens (tertiary/aromatic N) is 1. The topological polar surface area (TPSA) is 75.7 Å². The summed E-state index contributed by atoms with van der Waals surface area (Å²) in [7, 11) is 0. The number of rotatable bonds is 5. The fraction of sp³-hybridized carbons (Fsp3) is 0.471. The number of halogens is 1. The van der Waals surface area contributed by atoms with Gasteiger partial charge in [-0.1, -0.05) is 23.7 Å². The molecule has 1 saturated heterocycles. The normalized spacial score (nSPS) is 16.4. The van der Waals surface area contributed by atoms with Crippen molar-refractivity contribution in [3.05, 3.63) is 34.9 Å². The van der Waals surface area contributed by atoms with E-state index in [0.717, 1.165) is 12.8 Å². The van der Waals surface area contributed by atoms with Crippen molar-refractivity contribution in [2.24, 2.45) is 0 Å². The van der Waals surface area contributed by atoms with Crippen LogP contribution in [0.15, 0.2) is 24.3 Å². The zero-order valence-electron chi connectivity index (χ0n) is 13.8. The smallest absolute Gasteiger partial charge is 0.329 e. The molecule has 1 aromatic rings. The summed E-state index contributed by atoms with van der Waals surface area (Å²) >= 11 is 5.95. The van der Waals surface area contributed by atoms with E-state index in [-0.39, 0.29) is 11.5 Å². The predicted molar refractivity (Wildman–Crippen MR) is 89.7 cm³/mol. The summed E-state index contributed by atoms with van der Waals surface area (Å²) in [4.78, 5) is 38.0. The van der Waals surface area contributed by atoms with E-state index in [9.17, 15) is 14.4 Å². The minimum Gasteiger partial charge on any atom is -0.451 e. The molecule has 1 N–H and O–H groups in total. The van der Waals surface area contributed by atoms with Crippen molar-refractivity contribution in [2.75, 3.05) is 13.1 Å². The van der Waals surface area contributed by atoms with Crippen LogP contribution in [0.5, 0.6) is 0 Å². The van der Waals surface area contributed by atoms with Crippen LogP contribution in [0, 0.1) is 0 Å². The molecule has 130 valence electrons. The quantitative estimate of drug-likeness (QED) is 0.822. The summed E-state index contributed by atoms with van der Waals surface area (Å²) in [5, 5.41) is 2.83. The Morgan fingerprint density at radius 2 is 1.79 bits per heavy atom. The molecule has 7 heteroatoms. The Labute approximate surface area is 146 Å². The molecule has 6 nitrogen and oxygen atoms in total. The second-order valence-corrected chi connectivity index (χ2v) is 6.19. The molecule has 0 spiro atoms. The second kappa shape index (κ2) is 8.15. The van der Waals surface area contributed by atoms with Crippen molar-refractivity contribution in [1.29, 1.82) is 0 Å². The molecule has 1 aliphatic rings. The van der Waals surface area contributed by atoms with E-state index in [1.165, 1.54) is 6.92 Å². The number of amides is 2. The van der Waals surface area contributed by atoms with Gasteiger partial charge in [-0.15, -0.1) is 0 Å². The minimum atomic E-state index is -0.886. The van der Waals surface area contributed by atoms with Gasteiger partial charge in [-0.05, 0) is 38.8 Å². The summed E-state index contributed by atoms with van der Waals surface area (Å²) in [5.41, 5.74) is 0.278. The first-order valence-electron chi connectivity index (χ1n) is 7.95. The van der Waals surface area contributed by atoms with Crippen molar-refractivity contribution in [3.8, 4) is 0 Å². The van der Waals surface area contributed by atoms with Crippen LogP contribution in [0.1, 0.15) is 37.0 Å². The van der Waals surface area contributed by atoms with Gasteiger partial charge in [-0.25, -0.2) is 4.79 Å². The molecular weight excluding hydrogens is 332 g/mol. The van der Waals surface area contributed by atoms with Crippen molar-refractivity contribution in [3.63, 3.8) is 0 Å². The summed E-state index contributed by atoms with van der Waals surface area (Å²) < 4.78 is 5.18. The van der Waals surface area contributed by atoms with Crippen LogP contribution in [0.2, 0.25) is 5.02 Å². The lowest BCUT2D eigenvalue weighted by Gasteiger charge is -2.22. The van der Waals surface area contributed by atoms with Gasteiger partial charge in [0.2, 0.25) is 0 Å². The first-order chi connectivity index (χ1) is 11.4. The molecule has 24 heavy (non-hydrogen) atoms. The Bertz CT molecular complexity index is 629. The summed E-state index contributed by atoms with van der Waals surface area (Å²) in [6.45, 7) is 4.43.